The van der Waals surface area contributed by atoms with Crippen molar-refractivity contribution in [3.8, 4) is 0 Å². The molecule has 2 aromatic carbocycles. The van der Waals surface area contributed by atoms with Crippen LogP contribution in [0.1, 0.15) is 23.1 Å². The van der Waals surface area contributed by atoms with Crippen molar-refractivity contribution in [1.29, 1.82) is 0 Å². The predicted octanol–water partition coefficient (Wildman–Crippen LogP) is 2.87. The first-order valence-corrected chi connectivity index (χ1v) is 10.6. The summed E-state index contributed by atoms with van der Waals surface area (Å²) in [6, 6.07) is 12.8. The molecule has 1 spiro atoms. The summed E-state index contributed by atoms with van der Waals surface area (Å²) in [5.41, 5.74) is 2.77. The summed E-state index contributed by atoms with van der Waals surface area (Å²) in [6.07, 6.45) is 3.69. The number of nitrogens with zero attached hydrogens (tertiary/aromatic N) is 1. The van der Waals surface area contributed by atoms with E-state index in [1.54, 1.807) is 12.1 Å². The lowest BCUT2D eigenvalue weighted by molar-refractivity contribution is -0.135. The van der Waals surface area contributed by atoms with Crippen LogP contribution in [0.25, 0.3) is 10.9 Å². The van der Waals surface area contributed by atoms with Crippen molar-refractivity contribution < 1.29 is 14.4 Å². The molecule has 1 atom stereocenters. The van der Waals surface area contributed by atoms with Gasteiger partial charge in [0.1, 0.15) is 12.1 Å². The second-order valence-corrected chi connectivity index (χ2v) is 8.42. The van der Waals surface area contributed by atoms with Crippen molar-refractivity contribution in [3.63, 3.8) is 0 Å². The van der Waals surface area contributed by atoms with Crippen LogP contribution in [0.2, 0.25) is 5.02 Å². The molecule has 0 unspecified atom stereocenters. The van der Waals surface area contributed by atoms with Gasteiger partial charge in [-0.2, -0.15) is 0 Å². The summed E-state index contributed by atoms with van der Waals surface area (Å²) >= 11 is 6.06. The molecular weight excluding hydrogens is 416 g/mol. The van der Waals surface area contributed by atoms with Gasteiger partial charge in [0.25, 0.3) is 5.91 Å². The van der Waals surface area contributed by atoms with Crippen LogP contribution in [0.3, 0.4) is 0 Å². The number of fused-ring (bicyclic) bond motifs is 3. The molecule has 1 saturated heterocycles. The van der Waals surface area contributed by atoms with E-state index in [9.17, 15) is 14.4 Å². The minimum atomic E-state index is -1.10. The fraction of sp³-hybridized carbons (Fsp3) is 0.261. The average Bonchev–Trinajstić information content (AvgIpc) is 3.40. The number of halogens is 1. The molecule has 2 aliphatic rings. The van der Waals surface area contributed by atoms with Gasteiger partial charge < -0.3 is 15.6 Å². The number of benzene rings is 2. The van der Waals surface area contributed by atoms with E-state index in [4.69, 9.17) is 11.6 Å². The molecule has 7 nitrogen and oxygen atoms in total. The van der Waals surface area contributed by atoms with E-state index in [2.05, 4.69) is 15.6 Å². The number of rotatable bonds is 5. The summed E-state index contributed by atoms with van der Waals surface area (Å²) in [4.78, 5) is 42.4. The molecule has 0 saturated carbocycles. The first-order chi connectivity index (χ1) is 15.0. The number of H-pyrrole nitrogens is 1. The van der Waals surface area contributed by atoms with E-state index in [1.165, 1.54) is 0 Å². The van der Waals surface area contributed by atoms with Crippen molar-refractivity contribution in [2.24, 2.45) is 0 Å². The topological polar surface area (TPSA) is 94.3 Å². The highest BCUT2D eigenvalue weighted by atomic mass is 35.5. The Morgan fingerprint density at radius 3 is 2.90 bits per heavy atom. The number of carbonyl (C=O) groups is 3. The van der Waals surface area contributed by atoms with E-state index in [1.807, 2.05) is 36.5 Å². The normalized spacial score (nSPS) is 19.8. The maximum absolute atomic E-state index is 13.2. The Bertz CT molecular complexity index is 1220. The van der Waals surface area contributed by atoms with Gasteiger partial charge in [-0.1, -0.05) is 35.9 Å². The minimum absolute atomic E-state index is 0.302. The van der Waals surface area contributed by atoms with Crippen molar-refractivity contribution >= 4 is 40.3 Å². The standard InChI is InChI=1S/C23H21ClN4O3/c24-16-5-6-18-14(11-16)7-9-23(18)21(30)28(22(31)27-23)13-20(29)25-10-8-15-12-26-19-4-2-1-3-17(15)19/h1-6,11-12,26H,7-10,13H2,(H,25,29)(H,27,31)/t23-/m0/s1. The summed E-state index contributed by atoms with van der Waals surface area (Å²) in [5, 5.41) is 7.35. The molecule has 2 heterocycles. The monoisotopic (exact) mass is 436 g/mol. The van der Waals surface area contributed by atoms with Crippen LogP contribution in [-0.2, 0) is 28.0 Å². The number of carbonyl (C=O) groups excluding carboxylic acids is 3. The zero-order valence-corrected chi connectivity index (χ0v) is 17.5. The third-order valence-electron chi connectivity index (χ3n) is 6.17. The maximum Gasteiger partial charge on any atom is 0.325 e. The molecule has 8 heteroatoms. The summed E-state index contributed by atoms with van der Waals surface area (Å²) in [7, 11) is 0. The molecule has 3 aromatic rings. The third kappa shape index (κ3) is 3.25. The first kappa shape index (κ1) is 19.6. The van der Waals surface area contributed by atoms with Crippen molar-refractivity contribution in [2.45, 2.75) is 24.8 Å². The van der Waals surface area contributed by atoms with Gasteiger partial charge in [-0.05, 0) is 54.2 Å². The quantitative estimate of drug-likeness (QED) is 0.537. The lowest BCUT2D eigenvalue weighted by Gasteiger charge is -2.22. The van der Waals surface area contributed by atoms with Gasteiger partial charge in [-0.3, -0.25) is 14.5 Å². The highest BCUT2D eigenvalue weighted by molar-refractivity contribution is 6.30. The van der Waals surface area contributed by atoms with Crippen LogP contribution < -0.4 is 10.6 Å². The largest absolute Gasteiger partial charge is 0.361 e. The van der Waals surface area contributed by atoms with Crippen LogP contribution in [0.4, 0.5) is 4.79 Å². The smallest absolute Gasteiger partial charge is 0.325 e. The zero-order valence-electron chi connectivity index (χ0n) is 16.7. The van der Waals surface area contributed by atoms with Gasteiger partial charge in [-0.15, -0.1) is 0 Å². The lowest BCUT2D eigenvalue weighted by atomic mass is 9.92. The van der Waals surface area contributed by atoms with Crippen LogP contribution in [0.15, 0.2) is 48.7 Å². The highest BCUT2D eigenvalue weighted by Crippen LogP contribution is 2.42. The van der Waals surface area contributed by atoms with Gasteiger partial charge in [-0.25, -0.2) is 4.79 Å². The summed E-state index contributed by atoms with van der Waals surface area (Å²) < 4.78 is 0. The van der Waals surface area contributed by atoms with E-state index in [0.717, 1.165) is 32.5 Å². The number of aromatic nitrogens is 1. The average molecular weight is 437 g/mol. The van der Waals surface area contributed by atoms with E-state index >= 15 is 0 Å². The Hall–Kier alpha value is -3.32. The molecule has 4 amide bonds. The van der Waals surface area contributed by atoms with E-state index in [0.29, 0.717) is 30.8 Å². The zero-order chi connectivity index (χ0) is 21.6. The molecule has 0 bridgehead atoms. The number of hydrogen-bond donors (Lipinski definition) is 3. The molecule has 5 rings (SSSR count). The second kappa shape index (κ2) is 7.42. The number of aromatic amines is 1. The van der Waals surface area contributed by atoms with Gasteiger partial charge in [0.2, 0.25) is 5.91 Å². The molecule has 1 aliphatic heterocycles. The van der Waals surface area contributed by atoms with Gasteiger partial charge in [0.15, 0.2) is 0 Å². The molecular formula is C23H21ClN4O3. The fourth-order valence-electron chi connectivity index (χ4n) is 4.64. The fourth-order valence-corrected chi connectivity index (χ4v) is 4.83. The molecule has 1 aromatic heterocycles. The number of aryl methyl sites for hydroxylation is 1. The summed E-state index contributed by atoms with van der Waals surface area (Å²) in [5.74, 6) is -0.750. The molecule has 3 N–H and O–H groups in total. The molecule has 0 radical (unpaired) electrons. The van der Waals surface area contributed by atoms with Crippen molar-refractivity contribution in [1.82, 2.24) is 20.5 Å². The molecule has 158 valence electrons. The van der Waals surface area contributed by atoms with Gasteiger partial charge >= 0.3 is 6.03 Å². The van der Waals surface area contributed by atoms with Crippen LogP contribution in [0, 0.1) is 0 Å². The van der Waals surface area contributed by atoms with Crippen LogP contribution >= 0.6 is 11.6 Å². The SMILES string of the molecule is O=C(CN1C(=O)N[C@]2(CCc3cc(Cl)ccc32)C1=O)NCCc1c[nH]c2ccccc12. The van der Waals surface area contributed by atoms with Gasteiger partial charge in [0, 0.05) is 28.7 Å². The number of para-hydroxylation sites is 1. The minimum Gasteiger partial charge on any atom is -0.361 e. The van der Waals surface area contributed by atoms with Gasteiger partial charge in [0.05, 0.1) is 0 Å². The number of nitrogens with one attached hydrogen (secondary N) is 3. The molecule has 31 heavy (non-hydrogen) atoms. The van der Waals surface area contributed by atoms with E-state index < -0.39 is 11.6 Å². The number of urea groups is 1. The Labute approximate surface area is 183 Å². The van der Waals surface area contributed by atoms with Crippen molar-refractivity contribution in [2.75, 3.05) is 13.1 Å². The van der Waals surface area contributed by atoms with Crippen LogP contribution in [0.5, 0.6) is 0 Å². The molecule has 1 fully saturated rings. The van der Waals surface area contributed by atoms with Crippen molar-refractivity contribution in [3.05, 3.63) is 70.4 Å². The second-order valence-electron chi connectivity index (χ2n) is 7.99. The third-order valence-corrected chi connectivity index (χ3v) is 6.40. The Kier molecular flexibility index (Phi) is 4.70. The Balaban J connectivity index is 1.23. The molecule has 1 aliphatic carbocycles. The lowest BCUT2D eigenvalue weighted by Crippen LogP contribution is -2.44. The van der Waals surface area contributed by atoms with E-state index in [-0.39, 0.29) is 18.4 Å². The highest BCUT2D eigenvalue weighted by Gasteiger charge is 2.55. The summed E-state index contributed by atoms with van der Waals surface area (Å²) in [6.45, 7) is 0.111. The first-order valence-electron chi connectivity index (χ1n) is 10.2. The predicted molar refractivity (Wildman–Crippen MR) is 117 cm³/mol. The number of amides is 4. The number of imide groups is 1. The maximum atomic E-state index is 13.2. The number of hydrogen-bond acceptors (Lipinski definition) is 3. The Morgan fingerprint density at radius 2 is 2.03 bits per heavy atom. The Morgan fingerprint density at radius 1 is 1.19 bits per heavy atom. The van der Waals surface area contributed by atoms with Crippen LogP contribution in [-0.4, -0.2) is 40.8 Å².